The first-order valence-corrected chi connectivity index (χ1v) is 6.48. The molecule has 1 fully saturated rings. The highest BCUT2D eigenvalue weighted by atomic mass is 19.1. The van der Waals surface area contributed by atoms with Crippen LogP contribution in [-0.2, 0) is 14.4 Å². The number of carbonyl (C=O) groups is 3. The van der Waals surface area contributed by atoms with Gasteiger partial charge in [-0.25, -0.2) is 4.39 Å². The molecule has 1 aliphatic heterocycles. The Bertz CT molecular complexity index is 590. The average Bonchev–Trinajstić information content (AvgIpc) is 2.42. The van der Waals surface area contributed by atoms with Crippen molar-refractivity contribution in [3.05, 3.63) is 30.1 Å². The van der Waals surface area contributed by atoms with E-state index in [1.54, 1.807) is 13.0 Å². The van der Waals surface area contributed by atoms with Crippen LogP contribution in [0.5, 0.6) is 0 Å². The van der Waals surface area contributed by atoms with Crippen molar-refractivity contribution >= 4 is 23.5 Å². The van der Waals surface area contributed by atoms with Crippen LogP contribution in [0.1, 0.15) is 13.3 Å². The fourth-order valence-electron chi connectivity index (χ4n) is 2.26. The molecule has 6 nitrogen and oxygen atoms in total. The second-order valence-corrected chi connectivity index (χ2v) is 4.81. The van der Waals surface area contributed by atoms with Gasteiger partial charge in [0.1, 0.15) is 11.9 Å². The average molecular weight is 294 g/mol. The zero-order valence-corrected chi connectivity index (χ0v) is 11.5. The van der Waals surface area contributed by atoms with E-state index in [9.17, 15) is 18.8 Å². The molecule has 0 saturated carbocycles. The highest BCUT2D eigenvalue weighted by Gasteiger charge is 2.37. The van der Waals surface area contributed by atoms with E-state index < -0.39 is 29.6 Å². The summed E-state index contributed by atoms with van der Waals surface area (Å²) >= 11 is 0. The van der Waals surface area contributed by atoms with Crippen molar-refractivity contribution in [1.29, 1.82) is 0 Å². The maximum Gasteiger partial charge on any atom is 0.305 e. The second-order valence-electron chi connectivity index (χ2n) is 4.81. The van der Waals surface area contributed by atoms with Gasteiger partial charge in [-0.15, -0.1) is 0 Å². The monoisotopic (exact) mass is 294 g/mol. The lowest BCUT2D eigenvalue weighted by Crippen LogP contribution is -2.59. The van der Waals surface area contributed by atoms with E-state index in [1.807, 2.05) is 0 Å². The van der Waals surface area contributed by atoms with Crippen molar-refractivity contribution < 1.29 is 23.9 Å². The minimum Gasteiger partial charge on any atom is -0.481 e. The van der Waals surface area contributed by atoms with Crippen molar-refractivity contribution in [3.63, 3.8) is 0 Å². The van der Waals surface area contributed by atoms with Gasteiger partial charge >= 0.3 is 5.97 Å². The highest BCUT2D eigenvalue weighted by molar-refractivity contribution is 6.04. The number of aliphatic carboxylic acids is 1. The number of carboxylic acid groups (broad SMARTS) is 1. The van der Waals surface area contributed by atoms with Crippen molar-refractivity contribution in [3.8, 4) is 0 Å². The molecule has 1 atom stereocenters. The van der Waals surface area contributed by atoms with E-state index >= 15 is 0 Å². The van der Waals surface area contributed by atoms with Crippen LogP contribution >= 0.6 is 0 Å². The van der Waals surface area contributed by atoms with E-state index in [4.69, 9.17) is 5.11 Å². The quantitative estimate of drug-likeness (QED) is 0.834. The largest absolute Gasteiger partial charge is 0.481 e. The number of hydrogen-bond acceptors (Lipinski definition) is 4. The molecule has 2 amide bonds. The number of rotatable bonds is 4. The zero-order valence-electron chi connectivity index (χ0n) is 11.5. The van der Waals surface area contributed by atoms with Gasteiger partial charge in [-0.1, -0.05) is 6.07 Å². The van der Waals surface area contributed by atoms with E-state index in [2.05, 4.69) is 0 Å². The summed E-state index contributed by atoms with van der Waals surface area (Å²) in [5.74, 6) is -2.48. The van der Waals surface area contributed by atoms with Crippen molar-refractivity contribution in [2.45, 2.75) is 19.4 Å². The molecule has 0 aliphatic carbocycles. The molecule has 1 aromatic carbocycles. The van der Waals surface area contributed by atoms with Crippen LogP contribution in [0, 0.1) is 5.82 Å². The first-order valence-electron chi connectivity index (χ1n) is 6.48. The van der Waals surface area contributed by atoms with Gasteiger partial charge in [0.15, 0.2) is 0 Å². The number of benzene rings is 1. The van der Waals surface area contributed by atoms with Crippen LogP contribution in [0.25, 0.3) is 0 Å². The van der Waals surface area contributed by atoms with Crippen LogP contribution in [0.15, 0.2) is 24.3 Å². The number of halogens is 1. The maximum absolute atomic E-state index is 13.3. The molecular formula is C14H15FN2O4. The molecule has 0 aromatic heterocycles. The molecule has 1 aliphatic rings. The first kappa shape index (κ1) is 15.0. The van der Waals surface area contributed by atoms with E-state index in [0.717, 1.165) is 4.90 Å². The Morgan fingerprint density at radius 1 is 1.43 bits per heavy atom. The van der Waals surface area contributed by atoms with Gasteiger partial charge in [-0.2, -0.15) is 0 Å². The number of anilines is 1. The standard InChI is InChI=1S/C14H15FN2O4/c1-9-14(21)16(6-5-13(19)20)12(18)8-17(9)11-4-2-3-10(15)7-11/h2-4,7,9H,5-6,8H2,1H3,(H,19,20). The number of amides is 2. The molecule has 1 saturated heterocycles. The minimum atomic E-state index is -1.07. The van der Waals surface area contributed by atoms with Crippen LogP contribution in [0.4, 0.5) is 10.1 Å². The Kier molecular flexibility index (Phi) is 4.21. The van der Waals surface area contributed by atoms with Crippen LogP contribution < -0.4 is 4.90 Å². The Labute approximate surface area is 120 Å². The van der Waals surface area contributed by atoms with Crippen molar-refractivity contribution in [2.75, 3.05) is 18.0 Å². The summed E-state index contributed by atoms with van der Waals surface area (Å²) in [6.45, 7) is 1.37. The van der Waals surface area contributed by atoms with Gasteiger partial charge in [-0.05, 0) is 25.1 Å². The Hall–Kier alpha value is -2.44. The molecule has 0 spiro atoms. The molecule has 21 heavy (non-hydrogen) atoms. The Balaban J connectivity index is 2.18. The number of imide groups is 1. The molecule has 1 N–H and O–H groups in total. The number of carbonyl (C=O) groups excluding carboxylic acids is 2. The molecule has 1 aromatic rings. The summed E-state index contributed by atoms with van der Waals surface area (Å²) in [7, 11) is 0. The summed E-state index contributed by atoms with van der Waals surface area (Å²) in [6, 6.07) is 5.00. The number of piperazine rings is 1. The molecule has 7 heteroatoms. The van der Waals surface area contributed by atoms with E-state index in [0.29, 0.717) is 5.69 Å². The number of hydrogen-bond donors (Lipinski definition) is 1. The van der Waals surface area contributed by atoms with Gasteiger partial charge < -0.3 is 10.0 Å². The normalized spacial score (nSPS) is 19.0. The smallest absolute Gasteiger partial charge is 0.305 e. The number of nitrogens with zero attached hydrogens (tertiary/aromatic N) is 2. The summed E-state index contributed by atoms with van der Waals surface area (Å²) < 4.78 is 13.3. The van der Waals surface area contributed by atoms with Crippen LogP contribution in [0.3, 0.4) is 0 Å². The first-order chi connectivity index (χ1) is 9.90. The van der Waals surface area contributed by atoms with Gasteiger partial charge in [0, 0.05) is 12.2 Å². The minimum absolute atomic E-state index is 0.0873. The molecule has 1 unspecified atom stereocenters. The van der Waals surface area contributed by atoms with Crippen LogP contribution in [0.2, 0.25) is 0 Å². The second kappa shape index (κ2) is 5.90. The highest BCUT2D eigenvalue weighted by Crippen LogP contribution is 2.22. The van der Waals surface area contributed by atoms with Gasteiger partial charge in [0.2, 0.25) is 5.91 Å². The summed E-state index contributed by atoms with van der Waals surface area (Å²) in [5.41, 5.74) is 0.446. The predicted molar refractivity (Wildman–Crippen MR) is 72.2 cm³/mol. The van der Waals surface area contributed by atoms with Crippen molar-refractivity contribution in [2.24, 2.45) is 0 Å². The topological polar surface area (TPSA) is 77.9 Å². The number of carboxylic acids is 1. The van der Waals surface area contributed by atoms with E-state index in [-0.39, 0.29) is 19.5 Å². The molecular weight excluding hydrogens is 279 g/mol. The molecule has 0 bridgehead atoms. The summed E-state index contributed by atoms with van der Waals surface area (Å²) in [6.07, 6.45) is -0.288. The van der Waals surface area contributed by atoms with Crippen LogP contribution in [-0.4, -0.2) is 46.9 Å². The Morgan fingerprint density at radius 3 is 2.76 bits per heavy atom. The zero-order chi connectivity index (χ0) is 15.6. The van der Waals surface area contributed by atoms with E-state index in [1.165, 1.54) is 23.1 Å². The van der Waals surface area contributed by atoms with Gasteiger partial charge in [-0.3, -0.25) is 19.3 Å². The maximum atomic E-state index is 13.3. The molecule has 2 rings (SSSR count). The third kappa shape index (κ3) is 3.18. The third-order valence-corrected chi connectivity index (χ3v) is 3.39. The fourth-order valence-corrected chi connectivity index (χ4v) is 2.26. The van der Waals surface area contributed by atoms with Gasteiger partial charge in [0.25, 0.3) is 5.91 Å². The molecule has 0 radical (unpaired) electrons. The summed E-state index contributed by atoms with van der Waals surface area (Å²) in [4.78, 5) is 37.2. The fraction of sp³-hybridized carbons (Fsp3) is 0.357. The lowest BCUT2D eigenvalue weighted by molar-refractivity contribution is -0.148. The van der Waals surface area contributed by atoms with Crippen molar-refractivity contribution in [1.82, 2.24) is 4.90 Å². The SMILES string of the molecule is CC1C(=O)N(CCC(=O)O)C(=O)CN1c1cccc(F)c1. The molecule has 1 heterocycles. The lowest BCUT2D eigenvalue weighted by atomic mass is 10.1. The predicted octanol–water partition coefficient (Wildman–Crippen LogP) is 0.864. The molecule has 112 valence electrons. The van der Waals surface area contributed by atoms with Gasteiger partial charge in [0.05, 0.1) is 13.0 Å². The third-order valence-electron chi connectivity index (χ3n) is 3.39. The Morgan fingerprint density at radius 2 is 2.14 bits per heavy atom. The summed E-state index contributed by atoms with van der Waals surface area (Å²) in [5, 5.41) is 8.64. The lowest BCUT2D eigenvalue weighted by Gasteiger charge is -2.38.